The number of fused-ring (bicyclic) bond motifs is 1. The first-order valence-corrected chi connectivity index (χ1v) is 7.57. The highest BCUT2D eigenvalue weighted by Gasteiger charge is 2.30. The molecule has 0 radical (unpaired) electrons. The van der Waals surface area contributed by atoms with Crippen molar-refractivity contribution in [2.24, 2.45) is 5.92 Å². The number of rotatable bonds is 4. The highest BCUT2D eigenvalue weighted by atomic mass is 16.5. The van der Waals surface area contributed by atoms with Crippen molar-refractivity contribution in [3.8, 4) is 0 Å². The maximum Gasteiger partial charge on any atom is 0.249 e. The summed E-state index contributed by atoms with van der Waals surface area (Å²) in [5.41, 5.74) is 0.638. The van der Waals surface area contributed by atoms with Crippen molar-refractivity contribution in [2.45, 2.75) is 19.4 Å². The van der Waals surface area contributed by atoms with Crippen LogP contribution in [-0.4, -0.2) is 30.9 Å². The zero-order valence-corrected chi connectivity index (χ0v) is 12.5. The Kier molecular flexibility index (Phi) is 4.20. The lowest BCUT2D eigenvalue weighted by Crippen LogP contribution is -2.39. The minimum absolute atomic E-state index is 0.000574. The van der Waals surface area contributed by atoms with Crippen molar-refractivity contribution >= 4 is 22.5 Å². The molecule has 4 heteroatoms. The Hall–Kier alpha value is -2.20. The number of carbonyl (C=O) groups is 2. The van der Waals surface area contributed by atoms with Crippen LogP contribution in [0.4, 0.5) is 0 Å². The molecule has 1 fully saturated rings. The highest BCUT2D eigenvalue weighted by Crippen LogP contribution is 2.21. The van der Waals surface area contributed by atoms with Crippen molar-refractivity contribution in [3.63, 3.8) is 0 Å². The molecule has 1 saturated heterocycles. The molecule has 1 aliphatic heterocycles. The Morgan fingerprint density at radius 2 is 1.95 bits per heavy atom. The van der Waals surface area contributed by atoms with Gasteiger partial charge in [-0.3, -0.25) is 9.59 Å². The average Bonchev–Trinajstić information content (AvgIpc) is 2.98. The summed E-state index contributed by atoms with van der Waals surface area (Å²) < 4.78 is 5.41. The quantitative estimate of drug-likeness (QED) is 0.882. The first-order chi connectivity index (χ1) is 10.7. The molecule has 1 amide bonds. The van der Waals surface area contributed by atoms with E-state index in [1.807, 2.05) is 43.3 Å². The van der Waals surface area contributed by atoms with Gasteiger partial charge in [0.2, 0.25) is 5.91 Å². The van der Waals surface area contributed by atoms with Crippen LogP contribution in [-0.2, 0) is 9.53 Å². The number of hydrogen-bond donors (Lipinski definition) is 1. The predicted molar refractivity (Wildman–Crippen MR) is 84.8 cm³/mol. The van der Waals surface area contributed by atoms with Crippen LogP contribution in [0.1, 0.15) is 23.7 Å². The molecule has 2 unspecified atom stereocenters. The van der Waals surface area contributed by atoms with Crippen molar-refractivity contribution in [1.82, 2.24) is 5.32 Å². The number of amides is 1. The van der Waals surface area contributed by atoms with Crippen LogP contribution in [0.15, 0.2) is 42.5 Å². The Balaban J connectivity index is 1.70. The van der Waals surface area contributed by atoms with Gasteiger partial charge in [0.25, 0.3) is 0 Å². The standard InChI is InChI=1S/C18H19NO3/c1-12-9-10-22-17(12)18(21)19-11-16(20)15-8-4-6-13-5-2-3-7-14(13)15/h2-8,12,17H,9-11H2,1H3,(H,19,21). The predicted octanol–water partition coefficient (Wildman–Crippen LogP) is 2.56. The van der Waals surface area contributed by atoms with E-state index in [9.17, 15) is 9.59 Å². The molecule has 2 aromatic carbocycles. The molecule has 1 heterocycles. The molecule has 0 bridgehead atoms. The molecule has 3 rings (SSSR count). The minimum Gasteiger partial charge on any atom is -0.368 e. The SMILES string of the molecule is CC1CCOC1C(=O)NCC(=O)c1cccc2ccccc12. The zero-order chi connectivity index (χ0) is 15.5. The van der Waals surface area contributed by atoms with Gasteiger partial charge >= 0.3 is 0 Å². The van der Waals surface area contributed by atoms with Crippen LogP contribution in [0, 0.1) is 5.92 Å². The third-order valence-corrected chi connectivity index (χ3v) is 4.16. The van der Waals surface area contributed by atoms with Crippen LogP contribution in [0.5, 0.6) is 0 Å². The topological polar surface area (TPSA) is 55.4 Å². The van der Waals surface area contributed by atoms with Crippen LogP contribution >= 0.6 is 0 Å². The molecular formula is C18H19NO3. The summed E-state index contributed by atoms with van der Waals surface area (Å²) in [4.78, 5) is 24.5. The van der Waals surface area contributed by atoms with E-state index >= 15 is 0 Å². The second-order valence-electron chi connectivity index (χ2n) is 5.73. The molecule has 0 saturated carbocycles. The smallest absolute Gasteiger partial charge is 0.249 e. The lowest BCUT2D eigenvalue weighted by Gasteiger charge is -2.14. The number of benzene rings is 2. The Morgan fingerprint density at radius 3 is 2.73 bits per heavy atom. The third kappa shape index (κ3) is 2.88. The van der Waals surface area contributed by atoms with Gasteiger partial charge in [-0.25, -0.2) is 0 Å². The van der Waals surface area contributed by atoms with E-state index in [0.29, 0.717) is 12.2 Å². The number of ketones is 1. The van der Waals surface area contributed by atoms with Gasteiger partial charge in [-0.15, -0.1) is 0 Å². The van der Waals surface area contributed by atoms with Crippen molar-refractivity contribution in [1.29, 1.82) is 0 Å². The highest BCUT2D eigenvalue weighted by molar-refractivity contribution is 6.09. The van der Waals surface area contributed by atoms with Crippen molar-refractivity contribution < 1.29 is 14.3 Å². The number of hydrogen-bond acceptors (Lipinski definition) is 3. The third-order valence-electron chi connectivity index (χ3n) is 4.16. The Morgan fingerprint density at radius 1 is 1.18 bits per heavy atom. The molecule has 0 aliphatic carbocycles. The van der Waals surface area contributed by atoms with E-state index < -0.39 is 6.10 Å². The largest absolute Gasteiger partial charge is 0.368 e. The van der Waals surface area contributed by atoms with E-state index in [1.54, 1.807) is 6.07 Å². The Bertz CT molecular complexity index is 705. The molecule has 1 N–H and O–H groups in total. The monoisotopic (exact) mass is 297 g/mol. The minimum atomic E-state index is -0.430. The van der Waals surface area contributed by atoms with E-state index in [4.69, 9.17) is 4.74 Å². The van der Waals surface area contributed by atoms with Gasteiger partial charge in [0.05, 0.1) is 6.54 Å². The van der Waals surface area contributed by atoms with E-state index in [2.05, 4.69) is 5.32 Å². The fraction of sp³-hybridized carbons (Fsp3) is 0.333. The molecule has 2 aromatic rings. The Labute approximate surface area is 129 Å². The van der Waals surface area contributed by atoms with Gasteiger partial charge in [-0.05, 0) is 23.1 Å². The summed E-state index contributed by atoms with van der Waals surface area (Å²) in [6.07, 6.45) is 0.454. The number of Topliss-reactive ketones (excluding diaryl/α,β-unsaturated/α-hetero) is 1. The second-order valence-corrected chi connectivity index (χ2v) is 5.73. The van der Waals surface area contributed by atoms with Gasteiger partial charge in [0, 0.05) is 12.2 Å². The number of nitrogens with one attached hydrogen (secondary N) is 1. The van der Waals surface area contributed by atoms with E-state index in [0.717, 1.165) is 17.2 Å². The van der Waals surface area contributed by atoms with E-state index in [1.165, 1.54) is 0 Å². The fourth-order valence-corrected chi connectivity index (χ4v) is 2.86. The molecule has 0 spiro atoms. The van der Waals surface area contributed by atoms with Crippen LogP contribution in [0.2, 0.25) is 0 Å². The lowest BCUT2D eigenvalue weighted by atomic mass is 10.0. The van der Waals surface area contributed by atoms with Crippen LogP contribution in [0.3, 0.4) is 0 Å². The van der Waals surface area contributed by atoms with Gasteiger partial charge in [0.15, 0.2) is 5.78 Å². The maximum atomic E-state index is 12.4. The summed E-state index contributed by atoms with van der Waals surface area (Å²) in [5, 5.41) is 4.64. The summed E-state index contributed by atoms with van der Waals surface area (Å²) in [5.74, 6) is -0.0814. The maximum absolute atomic E-state index is 12.4. The van der Waals surface area contributed by atoms with Crippen molar-refractivity contribution in [3.05, 3.63) is 48.0 Å². The summed E-state index contributed by atoms with van der Waals surface area (Å²) >= 11 is 0. The molecule has 0 aromatic heterocycles. The second kappa shape index (κ2) is 6.28. The first-order valence-electron chi connectivity index (χ1n) is 7.57. The van der Waals surface area contributed by atoms with Gasteiger partial charge in [-0.2, -0.15) is 0 Å². The summed E-state index contributed by atoms with van der Waals surface area (Å²) in [6, 6.07) is 13.4. The fourth-order valence-electron chi connectivity index (χ4n) is 2.86. The molecule has 114 valence electrons. The average molecular weight is 297 g/mol. The molecule has 22 heavy (non-hydrogen) atoms. The first kappa shape index (κ1) is 14.7. The molecule has 4 nitrogen and oxygen atoms in total. The van der Waals surface area contributed by atoms with Crippen LogP contribution < -0.4 is 5.32 Å². The lowest BCUT2D eigenvalue weighted by molar-refractivity contribution is -0.131. The molecule has 1 aliphatic rings. The van der Waals surface area contributed by atoms with Crippen molar-refractivity contribution in [2.75, 3.05) is 13.2 Å². The zero-order valence-electron chi connectivity index (χ0n) is 12.5. The van der Waals surface area contributed by atoms with E-state index in [-0.39, 0.29) is 24.2 Å². The van der Waals surface area contributed by atoms with Gasteiger partial charge in [-0.1, -0.05) is 49.4 Å². The summed E-state index contributed by atoms with van der Waals surface area (Å²) in [6.45, 7) is 2.60. The number of ether oxygens (including phenoxy) is 1. The number of carbonyl (C=O) groups excluding carboxylic acids is 2. The normalized spacial score (nSPS) is 21.0. The molecular weight excluding hydrogens is 278 g/mol. The van der Waals surface area contributed by atoms with Crippen LogP contribution in [0.25, 0.3) is 10.8 Å². The van der Waals surface area contributed by atoms with Gasteiger partial charge < -0.3 is 10.1 Å². The summed E-state index contributed by atoms with van der Waals surface area (Å²) in [7, 11) is 0. The van der Waals surface area contributed by atoms with Gasteiger partial charge in [0.1, 0.15) is 6.10 Å². The molecule has 2 atom stereocenters.